The van der Waals surface area contributed by atoms with Crippen LogP contribution in [0.2, 0.25) is 0 Å². The third kappa shape index (κ3) is 14.3. The number of carbonyl (C=O) groups excluding carboxylic acids is 1. The topological polar surface area (TPSA) is 123 Å². The Morgan fingerprint density at radius 3 is 1.58 bits per heavy atom. The molecule has 0 amide bonds. The maximum Gasteiger partial charge on any atom is 0.344 e. The minimum absolute atomic E-state index is 0. The van der Waals surface area contributed by atoms with Gasteiger partial charge in [0.25, 0.3) is 0 Å². The molecule has 0 heterocycles. The minimum atomic E-state index is -0.932. The lowest BCUT2D eigenvalue weighted by Gasteiger charge is -2.33. The molecule has 4 aliphatic rings. The number of fused-ring (bicyclic) bond motifs is 4. The summed E-state index contributed by atoms with van der Waals surface area (Å²) >= 11 is 0. The fourth-order valence-corrected chi connectivity index (χ4v) is 12.0. The highest BCUT2D eigenvalue weighted by atomic mass is 16.6. The molecule has 0 bridgehead atoms. The van der Waals surface area contributed by atoms with Gasteiger partial charge in [-0.25, -0.2) is 9.59 Å². The summed E-state index contributed by atoms with van der Waals surface area (Å²) in [4.78, 5) is 23.1. The highest BCUT2D eigenvalue weighted by Gasteiger charge is 2.45. The second kappa shape index (κ2) is 25.7. The van der Waals surface area contributed by atoms with E-state index in [1.807, 2.05) is 48.5 Å². The second-order valence-corrected chi connectivity index (χ2v) is 19.8. The van der Waals surface area contributed by atoms with Crippen molar-refractivity contribution in [1.82, 2.24) is 0 Å². The van der Waals surface area contributed by atoms with Gasteiger partial charge in [-0.05, 0) is 164 Å². The van der Waals surface area contributed by atoms with Gasteiger partial charge in [-0.3, -0.25) is 0 Å². The number of unbranched alkanes of at least 4 members (excludes halogenated alkanes) is 4. The fourth-order valence-electron chi connectivity index (χ4n) is 12.0. The average Bonchev–Trinajstić information content (AvgIpc) is 3.76. The quantitative estimate of drug-likeness (QED) is 0.0673. The largest absolute Gasteiger partial charge is 0.482 e. The van der Waals surface area contributed by atoms with E-state index < -0.39 is 5.97 Å². The molecule has 3 aromatic rings. The molecule has 8 nitrogen and oxygen atoms in total. The Kier molecular flexibility index (Phi) is 20.5. The van der Waals surface area contributed by atoms with Crippen molar-refractivity contribution in [2.24, 2.45) is 47.3 Å². The van der Waals surface area contributed by atoms with E-state index in [2.05, 4.69) is 45.9 Å². The predicted octanol–water partition coefficient (Wildman–Crippen LogP) is 12.0. The summed E-state index contributed by atoms with van der Waals surface area (Å²) in [5.41, 5.74) is 6.16. The number of carbonyl (C=O) groups is 2. The second-order valence-electron chi connectivity index (χ2n) is 19.8. The van der Waals surface area contributed by atoms with Gasteiger partial charge in [0.2, 0.25) is 0 Å². The van der Waals surface area contributed by atoms with Crippen molar-refractivity contribution in [3.63, 3.8) is 0 Å². The van der Waals surface area contributed by atoms with Gasteiger partial charge < -0.3 is 29.5 Å². The Morgan fingerprint density at radius 1 is 0.625 bits per heavy atom. The first kappa shape index (κ1) is 51.1. The fraction of sp³-hybridized carbons (Fsp3) is 0.643. The van der Waals surface area contributed by atoms with Crippen molar-refractivity contribution >= 4 is 11.9 Å². The van der Waals surface area contributed by atoms with Crippen LogP contribution >= 0.6 is 0 Å². The zero-order valence-electron chi connectivity index (χ0n) is 38.9. The van der Waals surface area contributed by atoms with Crippen LogP contribution in [0.3, 0.4) is 0 Å². The molecule has 10 unspecified atom stereocenters. The molecule has 0 aliphatic heterocycles. The number of aliphatic hydroxyl groups is 2. The van der Waals surface area contributed by atoms with Gasteiger partial charge in [0.1, 0.15) is 18.1 Å². The number of hydrogen-bond acceptors (Lipinski definition) is 7. The predicted molar refractivity (Wildman–Crippen MR) is 257 cm³/mol. The van der Waals surface area contributed by atoms with E-state index in [-0.39, 0.29) is 45.4 Å². The Balaban J connectivity index is 0.000000243. The Morgan fingerprint density at radius 2 is 1.11 bits per heavy atom. The lowest BCUT2D eigenvalue weighted by Crippen LogP contribution is -2.27. The Hall–Kier alpha value is -3.88. The normalized spacial score (nSPS) is 24.9. The summed E-state index contributed by atoms with van der Waals surface area (Å²) in [6.07, 6.45) is 19.5. The zero-order valence-corrected chi connectivity index (χ0v) is 38.9. The zero-order chi connectivity index (χ0) is 44.7. The van der Waals surface area contributed by atoms with Gasteiger partial charge in [-0.1, -0.05) is 128 Å². The number of benzene rings is 3. The van der Waals surface area contributed by atoms with Crippen molar-refractivity contribution in [2.45, 2.75) is 170 Å². The van der Waals surface area contributed by atoms with Crippen LogP contribution in [0, 0.1) is 47.3 Å². The van der Waals surface area contributed by atoms with Crippen molar-refractivity contribution in [2.75, 3.05) is 13.2 Å². The number of hydrogen-bond donors (Lipinski definition) is 3. The summed E-state index contributed by atoms with van der Waals surface area (Å²) in [5.74, 6) is 5.75. The molecule has 2 saturated carbocycles. The number of rotatable bonds is 22. The molecular formula is C56H82O8. The number of esters is 1. The molecule has 354 valence electrons. The van der Waals surface area contributed by atoms with Gasteiger partial charge in [-0.15, -0.1) is 0 Å². The molecule has 3 aromatic carbocycles. The van der Waals surface area contributed by atoms with Crippen molar-refractivity contribution < 1.29 is 39.1 Å². The number of aliphatic carboxylic acids is 1. The molecule has 0 radical (unpaired) electrons. The minimum Gasteiger partial charge on any atom is -0.482 e. The summed E-state index contributed by atoms with van der Waals surface area (Å²) in [5, 5.41) is 29.7. The van der Waals surface area contributed by atoms with Crippen LogP contribution in [0.1, 0.15) is 153 Å². The van der Waals surface area contributed by atoms with Crippen molar-refractivity contribution in [3.05, 3.63) is 94.5 Å². The van der Waals surface area contributed by atoms with E-state index >= 15 is 0 Å². The summed E-state index contributed by atoms with van der Waals surface area (Å²) in [6.45, 7) is 9.11. The lowest BCUT2D eigenvalue weighted by atomic mass is 9.73. The molecular weight excluding hydrogens is 801 g/mol. The lowest BCUT2D eigenvalue weighted by molar-refractivity contribution is -0.147. The van der Waals surface area contributed by atoms with Gasteiger partial charge in [0.05, 0.1) is 12.2 Å². The van der Waals surface area contributed by atoms with Crippen molar-refractivity contribution in [3.8, 4) is 11.5 Å². The first-order valence-corrected chi connectivity index (χ1v) is 24.8. The van der Waals surface area contributed by atoms with E-state index in [0.29, 0.717) is 47.3 Å². The molecule has 0 aromatic heterocycles. The SMILES string of the molecule is C.CCCCCC(O)CCC1C(C)CC2Cc3c(cccc3OCC(=O)O)CC21.CCCCCC(O)CCC1C(C)CC2Cc3c(cccc3OCC(=O)OCc3ccccc3)CC21. The molecule has 3 N–H and O–H groups in total. The van der Waals surface area contributed by atoms with E-state index in [1.54, 1.807) is 0 Å². The van der Waals surface area contributed by atoms with Crippen LogP contribution < -0.4 is 9.47 Å². The molecule has 4 aliphatic carbocycles. The number of ether oxygens (including phenoxy) is 3. The van der Waals surface area contributed by atoms with Crippen LogP contribution in [-0.4, -0.2) is 52.7 Å². The van der Waals surface area contributed by atoms with Crippen LogP contribution in [0.4, 0.5) is 0 Å². The first-order valence-electron chi connectivity index (χ1n) is 24.8. The third-order valence-electron chi connectivity index (χ3n) is 15.3. The maximum absolute atomic E-state index is 12.3. The van der Waals surface area contributed by atoms with Gasteiger partial charge in [0.15, 0.2) is 13.2 Å². The number of carboxylic acid groups (broad SMARTS) is 1. The van der Waals surface area contributed by atoms with Crippen LogP contribution in [-0.2, 0) is 46.6 Å². The molecule has 64 heavy (non-hydrogen) atoms. The highest BCUT2D eigenvalue weighted by molar-refractivity contribution is 5.71. The molecule has 8 heteroatoms. The summed E-state index contributed by atoms with van der Waals surface area (Å²) in [7, 11) is 0. The van der Waals surface area contributed by atoms with Crippen molar-refractivity contribution in [1.29, 1.82) is 0 Å². The monoisotopic (exact) mass is 883 g/mol. The smallest absolute Gasteiger partial charge is 0.344 e. The Bertz CT molecular complexity index is 1860. The maximum atomic E-state index is 12.3. The average molecular weight is 883 g/mol. The molecule has 10 atom stereocenters. The van der Waals surface area contributed by atoms with E-state index in [9.17, 15) is 19.8 Å². The van der Waals surface area contributed by atoms with Crippen LogP contribution in [0.5, 0.6) is 11.5 Å². The molecule has 0 spiro atoms. The van der Waals surface area contributed by atoms with Gasteiger partial charge >= 0.3 is 11.9 Å². The summed E-state index contributed by atoms with van der Waals surface area (Å²) in [6, 6.07) is 22.1. The van der Waals surface area contributed by atoms with Crippen LogP contribution in [0.25, 0.3) is 0 Å². The Labute approximate surface area is 385 Å². The summed E-state index contributed by atoms with van der Waals surface area (Å²) < 4.78 is 16.9. The number of aliphatic hydroxyl groups excluding tert-OH is 2. The third-order valence-corrected chi connectivity index (χ3v) is 15.3. The van der Waals surface area contributed by atoms with Crippen LogP contribution in [0.15, 0.2) is 66.7 Å². The van der Waals surface area contributed by atoms with E-state index in [0.717, 1.165) is 94.1 Å². The van der Waals surface area contributed by atoms with Gasteiger partial charge in [0, 0.05) is 0 Å². The molecule has 7 rings (SSSR count). The molecule has 0 saturated heterocycles. The molecule has 2 fully saturated rings. The van der Waals surface area contributed by atoms with Gasteiger partial charge in [-0.2, -0.15) is 0 Å². The number of carboxylic acids is 1. The highest BCUT2D eigenvalue weighted by Crippen LogP contribution is 2.52. The van der Waals surface area contributed by atoms with E-state index in [4.69, 9.17) is 19.3 Å². The first-order chi connectivity index (χ1) is 30.5. The standard InChI is InChI=1S/C31H42O4.C24H36O4.CH4/c1-3-4-6-13-26(32)15-16-27-22(2)17-25-19-29-24(18-28(25)27)12-9-14-30(29)34-21-31(33)35-20-23-10-7-5-8-11-23;1-3-4-5-8-19(25)10-11-20-16(2)12-18-14-22-17(13-21(18)20)7-6-9-23(22)28-15-24(26)27;/h5,7-12,14,22,25-28,32H,3-4,6,13,15-21H2,1-2H3;6-7,9,16,18-21,25H,3-5,8,10-15H2,1-2H3,(H,26,27);1H4. The van der Waals surface area contributed by atoms with E-state index in [1.165, 1.54) is 60.8 Å².